The van der Waals surface area contributed by atoms with Crippen molar-refractivity contribution in [2.24, 2.45) is 5.92 Å². The summed E-state index contributed by atoms with van der Waals surface area (Å²) in [6, 6.07) is 0. The minimum Gasteiger partial charge on any atom is -0.478 e. The molecule has 0 bridgehead atoms. The molecule has 0 heterocycles. The van der Waals surface area contributed by atoms with Gasteiger partial charge < -0.3 is 5.11 Å². The van der Waals surface area contributed by atoms with Gasteiger partial charge in [0, 0.05) is 6.08 Å². The smallest absolute Gasteiger partial charge is 0.327 e. The lowest BCUT2D eigenvalue weighted by atomic mass is 10.0. The number of hydrogen-bond donors (Lipinski definition) is 1. The number of aliphatic carboxylic acids is 1. The van der Waals surface area contributed by atoms with E-state index in [4.69, 9.17) is 5.11 Å². The first-order valence-corrected chi connectivity index (χ1v) is 5.58. The number of carboxylic acid groups (broad SMARTS) is 1. The van der Waals surface area contributed by atoms with Crippen molar-refractivity contribution >= 4 is 5.97 Å². The van der Waals surface area contributed by atoms with E-state index in [2.05, 4.69) is 13.8 Å². The van der Waals surface area contributed by atoms with Gasteiger partial charge in [-0.1, -0.05) is 52.0 Å². The second-order valence-corrected chi connectivity index (χ2v) is 3.88. The van der Waals surface area contributed by atoms with Gasteiger partial charge in [-0.15, -0.1) is 0 Å². The Kier molecular flexibility index (Phi) is 8.30. The van der Waals surface area contributed by atoms with Crippen LogP contribution < -0.4 is 0 Å². The molecular formula is C12H22O2. The van der Waals surface area contributed by atoms with Crippen molar-refractivity contribution in [3.05, 3.63) is 12.2 Å². The Morgan fingerprint density at radius 3 is 2.50 bits per heavy atom. The Labute approximate surface area is 87.0 Å². The number of rotatable bonds is 8. The number of allylic oxidation sites excluding steroid dienone is 1. The average molecular weight is 198 g/mol. The van der Waals surface area contributed by atoms with Crippen molar-refractivity contribution in [2.45, 2.75) is 52.4 Å². The van der Waals surface area contributed by atoms with Gasteiger partial charge in [-0.25, -0.2) is 4.79 Å². The van der Waals surface area contributed by atoms with E-state index in [9.17, 15) is 4.79 Å². The zero-order chi connectivity index (χ0) is 10.8. The van der Waals surface area contributed by atoms with Crippen LogP contribution in [-0.2, 0) is 4.79 Å². The monoisotopic (exact) mass is 198 g/mol. The molecule has 0 saturated carbocycles. The quantitative estimate of drug-likeness (QED) is 0.477. The van der Waals surface area contributed by atoms with Crippen molar-refractivity contribution in [3.8, 4) is 0 Å². The fraction of sp³-hybridized carbons (Fsp3) is 0.750. The fourth-order valence-corrected chi connectivity index (χ4v) is 1.41. The lowest BCUT2D eigenvalue weighted by molar-refractivity contribution is -0.131. The van der Waals surface area contributed by atoms with Crippen LogP contribution in [0.15, 0.2) is 12.2 Å². The summed E-state index contributed by atoms with van der Waals surface area (Å²) in [6.07, 6.45) is 10.5. The third kappa shape index (κ3) is 9.30. The normalized spacial score (nSPS) is 13.3. The Balaban J connectivity index is 3.35. The van der Waals surface area contributed by atoms with Gasteiger partial charge in [-0.05, 0) is 12.3 Å². The van der Waals surface area contributed by atoms with Gasteiger partial charge >= 0.3 is 5.97 Å². The first-order valence-electron chi connectivity index (χ1n) is 5.58. The van der Waals surface area contributed by atoms with E-state index in [0.717, 1.165) is 6.42 Å². The van der Waals surface area contributed by atoms with Crippen molar-refractivity contribution in [1.29, 1.82) is 0 Å². The summed E-state index contributed by atoms with van der Waals surface area (Å²) in [5.74, 6) is -0.449. The molecule has 1 N–H and O–H groups in total. The molecule has 0 aliphatic carbocycles. The Bertz CT molecular complexity index is 173. The number of unbranched alkanes of at least 4 members (excludes halogenated alkanes) is 4. The van der Waals surface area contributed by atoms with Crippen molar-refractivity contribution < 1.29 is 9.90 Å². The maximum Gasteiger partial charge on any atom is 0.327 e. The predicted molar refractivity (Wildman–Crippen MR) is 59.3 cm³/mol. The van der Waals surface area contributed by atoms with Crippen LogP contribution in [0.25, 0.3) is 0 Å². The van der Waals surface area contributed by atoms with Gasteiger partial charge in [0.1, 0.15) is 0 Å². The van der Waals surface area contributed by atoms with E-state index in [1.807, 2.05) is 0 Å². The number of carboxylic acids is 1. The molecule has 0 aromatic heterocycles. The molecule has 2 nitrogen and oxygen atoms in total. The van der Waals surface area contributed by atoms with E-state index in [0.29, 0.717) is 5.92 Å². The number of hydrogen-bond acceptors (Lipinski definition) is 1. The summed E-state index contributed by atoms with van der Waals surface area (Å²) in [4.78, 5) is 10.2. The molecule has 0 aromatic carbocycles. The van der Waals surface area contributed by atoms with Crippen LogP contribution in [0.1, 0.15) is 52.4 Å². The highest BCUT2D eigenvalue weighted by molar-refractivity contribution is 5.79. The maximum absolute atomic E-state index is 10.2. The second-order valence-electron chi connectivity index (χ2n) is 3.88. The fourth-order valence-electron chi connectivity index (χ4n) is 1.41. The molecule has 0 saturated heterocycles. The summed E-state index contributed by atoms with van der Waals surface area (Å²) in [6.45, 7) is 4.28. The van der Waals surface area contributed by atoms with Crippen molar-refractivity contribution in [2.75, 3.05) is 0 Å². The van der Waals surface area contributed by atoms with Gasteiger partial charge in [0.2, 0.25) is 0 Å². The van der Waals surface area contributed by atoms with Crippen molar-refractivity contribution in [1.82, 2.24) is 0 Å². The highest BCUT2D eigenvalue weighted by Gasteiger charge is 1.97. The number of carbonyl (C=O) groups is 1. The Hall–Kier alpha value is -0.790. The van der Waals surface area contributed by atoms with Crippen LogP contribution in [0.5, 0.6) is 0 Å². The molecule has 1 unspecified atom stereocenters. The van der Waals surface area contributed by atoms with E-state index in [1.165, 1.54) is 38.2 Å². The van der Waals surface area contributed by atoms with Crippen LogP contribution in [0.4, 0.5) is 0 Å². The highest BCUT2D eigenvalue weighted by Crippen LogP contribution is 2.12. The first kappa shape index (κ1) is 13.2. The molecule has 82 valence electrons. The third-order valence-electron chi connectivity index (χ3n) is 2.33. The molecule has 1 atom stereocenters. The van der Waals surface area contributed by atoms with Gasteiger partial charge in [0.25, 0.3) is 0 Å². The zero-order valence-corrected chi connectivity index (χ0v) is 9.33. The van der Waals surface area contributed by atoms with Crippen LogP contribution in [-0.4, -0.2) is 11.1 Å². The van der Waals surface area contributed by atoms with Gasteiger partial charge in [-0.3, -0.25) is 0 Å². The molecule has 0 amide bonds. The summed E-state index contributed by atoms with van der Waals surface area (Å²) < 4.78 is 0. The standard InChI is InChI=1S/C12H22O2/c1-3-4-5-6-7-8-11(2)9-10-12(13)14/h9-11H,3-8H2,1-2H3,(H,13,14). The molecular weight excluding hydrogens is 176 g/mol. The lowest BCUT2D eigenvalue weighted by Crippen LogP contribution is -1.93. The SMILES string of the molecule is CCCCCCCC(C)C=CC(=O)O. The molecule has 0 fully saturated rings. The minimum atomic E-state index is -0.845. The molecule has 0 aromatic rings. The Morgan fingerprint density at radius 1 is 1.29 bits per heavy atom. The molecule has 0 spiro atoms. The molecule has 14 heavy (non-hydrogen) atoms. The van der Waals surface area contributed by atoms with Crippen LogP contribution >= 0.6 is 0 Å². The second kappa shape index (κ2) is 8.79. The summed E-state index contributed by atoms with van der Waals surface area (Å²) in [7, 11) is 0. The van der Waals surface area contributed by atoms with Gasteiger partial charge in [0.15, 0.2) is 0 Å². The Morgan fingerprint density at radius 2 is 1.93 bits per heavy atom. The molecule has 2 heteroatoms. The van der Waals surface area contributed by atoms with Crippen molar-refractivity contribution in [3.63, 3.8) is 0 Å². The zero-order valence-electron chi connectivity index (χ0n) is 9.33. The summed E-state index contributed by atoms with van der Waals surface area (Å²) in [5.41, 5.74) is 0. The van der Waals surface area contributed by atoms with E-state index < -0.39 is 5.97 Å². The van der Waals surface area contributed by atoms with Gasteiger partial charge in [-0.2, -0.15) is 0 Å². The van der Waals surface area contributed by atoms with E-state index in [-0.39, 0.29) is 0 Å². The minimum absolute atomic E-state index is 0.396. The highest BCUT2D eigenvalue weighted by atomic mass is 16.4. The topological polar surface area (TPSA) is 37.3 Å². The molecule has 0 radical (unpaired) electrons. The molecule has 0 rings (SSSR count). The maximum atomic E-state index is 10.2. The summed E-state index contributed by atoms with van der Waals surface area (Å²) in [5, 5.41) is 8.42. The van der Waals surface area contributed by atoms with Crippen LogP contribution in [0.2, 0.25) is 0 Å². The molecule has 0 aliphatic rings. The predicted octanol–water partition coefficient (Wildman–Crippen LogP) is 3.62. The summed E-state index contributed by atoms with van der Waals surface area (Å²) >= 11 is 0. The third-order valence-corrected chi connectivity index (χ3v) is 2.33. The molecule has 0 aliphatic heterocycles. The van der Waals surface area contributed by atoms with Crippen LogP contribution in [0, 0.1) is 5.92 Å². The van der Waals surface area contributed by atoms with Gasteiger partial charge in [0.05, 0.1) is 0 Å². The lowest BCUT2D eigenvalue weighted by Gasteiger charge is -2.04. The van der Waals surface area contributed by atoms with E-state index >= 15 is 0 Å². The largest absolute Gasteiger partial charge is 0.478 e. The first-order chi connectivity index (χ1) is 6.66. The van der Waals surface area contributed by atoms with Crippen LogP contribution in [0.3, 0.4) is 0 Å². The van der Waals surface area contributed by atoms with E-state index in [1.54, 1.807) is 6.08 Å². The average Bonchev–Trinajstić information content (AvgIpc) is 2.14.